The molecule has 1 atom stereocenters. The highest BCUT2D eigenvalue weighted by Crippen LogP contribution is 2.29. The zero-order valence-corrected chi connectivity index (χ0v) is 13.1. The minimum atomic E-state index is -0.137. The average Bonchev–Trinajstić information content (AvgIpc) is 3.17. The molecule has 0 bridgehead atoms. The first kappa shape index (κ1) is 14.2. The zero-order chi connectivity index (χ0) is 15.6. The number of fused-ring (bicyclic) bond motifs is 2. The van der Waals surface area contributed by atoms with Gasteiger partial charge in [0.15, 0.2) is 5.82 Å². The first-order valence-electron chi connectivity index (χ1n) is 8.34. The Morgan fingerprint density at radius 3 is 3.09 bits per heavy atom. The zero-order valence-electron chi connectivity index (χ0n) is 13.1. The van der Waals surface area contributed by atoms with E-state index in [0.717, 1.165) is 50.3 Å². The summed E-state index contributed by atoms with van der Waals surface area (Å²) in [6.07, 6.45) is 5.30. The minimum Gasteiger partial charge on any atom is -0.331 e. The van der Waals surface area contributed by atoms with E-state index < -0.39 is 0 Å². The van der Waals surface area contributed by atoms with Gasteiger partial charge in [0.25, 0.3) is 0 Å². The molecule has 0 fully saturated rings. The van der Waals surface area contributed by atoms with Crippen LogP contribution in [-0.2, 0) is 25.9 Å². The van der Waals surface area contributed by atoms with E-state index in [1.807, 2.05) is 6.07 Å². The van der Waals surface area contributed by atoms with Gasteiger partial charge in [0.2, 0.25) is 0 Å². The lowest BCUT2D eigenvalue weighted by atomic mass is 9.88. The Morgan fingerprint density at radius 2 is 2.13 bits per heavy atom. The number of benzene rings is 1. The van der Waals surface area contributed by atoms with Gasteiger partial charge in [0, 0.05) is 13.0 Å². The van der Waals surface area contributed by atoms with Gasteiger partial charge in [-0.15, -0.1) is 10.2 Å². The third-order valence-electron chi connectivity index (χ3n) is 4.77. The fourth-order valence-corrected chi connectivity index (χ4v) is 3.61. The van der Waals surface area contributed by atoms with Crippen molar-refractivity contribution < 1.29 is 4.79 Å². The maximum Gasteiger partial charge on any atom is 0.315 e. The topological polar surface area (TPSA) is 71.8 Å². The third kappa shape index (κ3) is 2.81. The van der Waals surface area contributed by atoms with Crippen LogP contribution in [0.25, 0.3) is 0 Å². The van der Waals surface area contributed by atoms with Crippen LogP contribution in [0.15, 0.2) is 24.3 Å². The maximum absolute atomic E-state index is 12.2. The van der Waals surface area contributed by atoms with E-state index in [2.05, 4.69) is 43.6 Å². The first-order valence-corrected chi connectivity index (χ1v) is 8.34. The molecule has 120 valence electrons. The normalized spacial score (nSPS) is 19.0. The highest BCUT2D eigenvalue weighted by atomic mass is 16.2. The molecule has 0 spiro atoms. The molecular weight excluding hydrogens is 290 g/mol. The van der Waals surface area contributed by atoms with E-state index in [-0.39, 0.29) is 12.1 Å². The molecule has 2 aromatic rings. The van der Waals surface area contributed by atoms with Crippen LogP contribution in [0.1, 0.15) is 48.1 Å². The van der Waals surface area contributed by atoms with Crippen LogP contribution in [0, 0.1) is 0 Å². The third-order valence-corrected chi connectivity index (χ3v) is 4.77. The first-order chi connectivity index (χ1) is 11.3. The molecule has 6 nitrogen and oxygen atoms in total. The molecule has 1 aromatic carbocycles. The highest BCUT2D eigenvalue weighted by molar-refractivity contribution is 5.74. The van der Waals surface area contributed by atoms with Crippen LogP contribution in [-0.4, -0.2) is 20.8 Å². The summed E-state index contributed by atoms with van der Waals surface area (Å²) in [7, 11) is 0. The molecule has 1 aliphatic heterocycles. The maximum atomic E-state index is 12.2. The number of carbonyl (C=O) groups is 1. The Morgan fingerprint density at radius 1 is 1.22 bits per heavy atom. The van der Waals surface area contributed by atoms with Crippen molar-refractivity contribution in [3.8, 4) is 0 Å². The summed E-state index contributed by atoms with van der Waals surface area (Å²) in [5, 5.41) is 14.3. The molecule has 4 rings (SSSR count). The second-order valence-corrected chi connectivity index (χ2v) is 6.26. The van der Waals surface area contributed by atoms with Gasteiger partial charge in [-0.25, -0.2) is 4.79 Å². The number of aryl methyl sites for hydroxylation is 2. The van der Waals surface area contributed by atoms with Crippen molar-refractivity contribution in [2.75, 3.05) is 0 Å². The van der Waals surface area contributed by atoms with E-state index in [4.69, 9.17) is 0 Å². The van der Waals surface area contributed by atoms with Crippen molar-refractivity contribution >= 4 is 6.03 Å². The Balaban J connectivity index is 1.37. The molecule has 6 heteroatoms. The van der Waals surface area contributed by atoms with E-state index in [1.54, 1.807) is 0 Å². The number of nitrogens with one attached hydrogen (secondary N) is 2. The number of rotatable bonds is 3. The van der Waals surface area contributed by atoms with Crippen LogP contribution in [0.2, 0.25) is 0 Å². The van der Waals surface area contributed by atoms with Gasteiger partial charge in [-0.3, -0.25) is 0 Å². The van der Waals surface area contributed by atoms with Gasteiger partial charge >= 0.3 is 6.03 Å². The van der Waals surface area contributed by atoms with Gasteiger partial charge in [-0.2, -0.15) is 0 Å². The van der Waals surface area contributed by atoms with Crippen molar-refractivity contribution in [1.29, 1.82) is 0 Å². The molecule has 1 aliphatic carbocycles. The van der Waals surface area contributed by atoms with Crippen LogP contribution >= 0.6 is 0 Å². The van der Waals surface area contributed by atoms with Crippen molar-refractivity contribution in [3.63, 3.8) is 0 Å². The number of hydrogen-bond acceptors (Lipinski definition) is 3. The Kier molecular flexibility index (Phi) is 3.73. The molecule has 0 saturated carbocycles. The quantitative estimate of drug-likeness (QED) is 0.912. The fourth-order valence-electron chi connectivity index (χ4n) is 3.61. The van der Waals surface area contributed by atoms with Crippen molar-refractivity contribution in [1.82, 2.24) is 25.4 Å². The summed E-state index contributed by atoms with van der Waals surface area (Å²) < 4.78 is 2.11. The number of nitrogens with zero attached hydrogens (tertiary/aromatic N) is 3. The summed E-state index contributed by atoms with van der Waals surface area (Å²) in [5.74, 6) is 1.88. The molecule has 2 aliphatic rings. The predicted molar refractivity (Wildman–Crippen MR) is 85.8 cm³/mol. The molecule has 2 amide bonds. The summed E-state index contributed by atoms with van der Waals surface area (Å²) in [6.45, 7) is 1.38. The highest BCUT2D eigenvalue weighted by Gasteiger charge is 2.22. The largest absolute Gasteiger partial charge is 0.331 e. The van der Waals surface area contributed by atoms with Crippen molar-refractivity contribution in [2.45, 2.75) is 51.2 Å². The smallest absolute Gasteiger partial charge is 0.315 e. The van der Waals surface area contributed by atoms with E-state index in [1.165, 1.54) is 11.1 Å². The van der Waals surface area contributed by atoms with Crippen molar-refractivity contribution in [3.05, 3.63) is 47.0 Å². The van der Waals surface area contributed by atoms with Crippen molar-refractivity contribution in [2.24, 2.45) is 0 Å². The van der Waals surface area contributed by atoms with Gasteiger partial charge < -0.3 is 15.2 Å². The van der Waals surface area contributed by atoms with Gasteiger partial charge in [-0.1, -0.05) is 24.3 Å². The van der Waals surface area contributed by atoms with E-state index in [9.17, 15) is 4.79 Å². The summed E-state index contributed by atoms with van der Waals surface area (Å²) in [6, 6.07) is 8.33. The van der Waals surface area contributed by atoms with E-state index in [0.29, 0.717) is 6.54 Å². The number of amides is 2. The van der Waals surface area contributed by atoms with Gasteiger partial charge in [0.1, 0.15) is 5.82 Å². The molecule has 2 heterocycles. The lowest BCUT2D eigenvalue weighted by Crippen LogP contribution is -2.39. The predicted octanol–water partition coefficient (Wildman–Crippen LogP) is 2.10. The molecule has 2 N–H and O–H groups in total. The number of carbonyl (C=O) groups excluding carboxylic acids is 1. The SMILES string of the molecule is O=C(NCc1nnc2n1CCC2)N[C@@H]1CCCc2ccccc21. The van der Waals surface area contributed by atoms with E-state index >= 15 is 0 Å². The summed E-state index contributed by atoms with van der Waals surface area (Å²) in [5.41, 5.74) is 2.59. The Labute approximate surface area is 135 Å². The number of hydrogen-bond donors (Lipinski definition) is 2. The standard InChI is InChI=1S/C17H21N5O/c23-17(18-11-16-21-20-15-9-4-10-22(15)16)19-14-8-3-6-12-5-1-2-7-13(12)14/h1-2,5,7,14H,3-4,6,8-11H2,(H2,18,19,23)/t14-/m1/s1. The lowest BCUT2D eigenvalue weighted by Gasteiger charge is -2.26. The second kappa shape index (κ2) is 6.02. The Bertz CT molecular complexity index is 724. The van der Waals surface area contributed by atoms with Gasteiger partial charge in [0.05, 0.1) is 12.6 Å². The molecule has 23 heavy (non-hydrogen) atoms. The fraction of sp³-hybridized carbons (Fsp3) is 0.471. The van der Waals surface area contributed by atoms with Crippen LogP contribution in [0.3, 0.4) is 0 Å². The summed E-state index contributed by atoms with van der Waals surface area (Å²) in [4.78, 5) is 12.2. The average molecular weight is 311 g/mol. The van der Waals surface area contributed by atoms with Crippen LogP contribution < -0.4 is 10.6 Å². The molecule has 0 unspecified atom stereocenters. The van der Waals surface area contributed by atoms with Crippen LogP contribution in [0.5, 0.6) is 0 Å². The number of aromatic nitrogens is 3. The lowest BCUT2D eigenvalue weighted by molar-refractivity contribution is 0.234. The molecule has 1 aromatic heterocycles. The monoisotopic (exact) mass is 311 g/mol. The summed E-state index contributed by atoms with van der Waals surface area (Å²) >= 11 is 0. The molecule has 0 saturated heterocycles. The van der Waals surface area contributed by atoms with Gasteiger partial charge in [-0.05, 0) is 36.8 Å². The Hall–Kier alpha value is -2.37. The minimum absolute atomic E-state index is 0.101. The second-order valence-electron chi connectivity index (χ2n) is 6.26. The molecular formula is C17H21N5O. The number of urea groups is 1. The molecule has 0 radical (unpaired) electrons. The van der Waals surface area contributed by atoms with Crippen LogP contribution in [0.4, 0.5) is 4.79 Å².